The van der Waals surface area contributed by atoms with Gasteiger partial charge >= 0.3 is 6.09 Å². The average molecular weight is 286 g/mol. The highest BCUT2D eigenvalue weighted by Crippen LogP contribution is 2.43. The number of carbonyl (C=O) groups is 1. The van der Waals surface area contributed by atoms with Gasteiger partial charge in [-0.15, -0.1) is 0 Å². The van der Waals surface area contributed by atoms with Crippen LogP contribution in [0.4, 0.5) is 14.9 Å². The third-order valence-electron chi connectivity index (χ3n) is 3.57. The molecule has 0 N–H and O–H groups in total. The van der Waals surface area contributed by atoms with E-state index in [-0.39, 0.29) is 6.04 Å². The number of amides is 1. The van der Waals surface area contributed by atoms with E-state index in [1.807, 2.05) is 44.2 Å². The molecule has 3 rings (SSSR count). The molecule has 4 nitrogen and oxygen atoms in total. The summed E-state index contributed by atoms with van der Waals surface area (Å²) in [5, 5.41) is 0. The molecule has 1 atom stereocenters. The molecule has 1 aromatic carbocycles. The summed E-state index contributed by atoms with van der Waals surface area (Å²) in [5.41, 5.74) is 0.783. The lowest BCUT2D eigenvalue weighted by atomic mass is 9.91. The van der Waals surface area contributed by atoms with E-state index in [0.29, 0.717) is 5.69 Å². The van der Waals surface area contributed by atoms with Crippen molar-refractivity contribution in [2.75, 3.05) is 4.90 Å². The molecule has 1 fully saturated rings. The van der Waals surface area contributed by atoms with Crippen LogP contribution in [0.1, 0.15) is 25.5 Å². The number of rotatable bonds is 2. The van der Waals surface area contributed by atoms with Crippen molar-refractivity contribution in [3.63, 3.8) is 0 Å². The second kappa shape index (κ2) is 4.84. The molecule has 1 amide bonds. The Morgan fingerprint density at radius 2 is 1.90 bits per heavy atom. The third-order valence-corrected chi connectivity index (χ3v) is 3.57. The number of benzene rings is 1. The van der Waals surface area contributed by atoms with E-state index in [9.17, 15) is 9.18 Å². The summed E-state index contributed by atoms with van der Waals surface area (Å²) in [6.45, 7) is 3.72. The van der Waals surface area contributed by atoms with Crippen LogP contribution in [0, 0.1) is 5.95 Å². The van der Waals surface area contributed by atoms with Crippen LogP contribution in [0.5, 0.6) is 0 Å². The van der Waals surface area contributed by atoms with Gasteiger partial charge < -0.3 is 4.74 Å². The smallest absolute Gasteiger partial charge is 0.415 e. The van der Waals surface area contributed by atoms with Crippen LogP contribution >= 0.6 is 0 Å². The molecule has 2 heterocycles. The number of pyridine rings is 1. The van der Waals surface area contributed by atoms with E-state index < -0.39 is 17.6 Å². The Morgan fingerprint density at radius 3 is 2.52 bits per heavy atom. The summed E-state index contributed by atoms with van der Waals surface area (Å²) >= 11 is 0. The molecule has 1 unspecified atom stereocenters. The third kappa shape index (κ3) is 2.35. The second-order valence-corrected chi connectivity index (χ2v) is 5.49. The number of carbonyl (C=O) groups excluding carboxylic acids is 1. The molecule has 0 bridgehead atoms. The molecular formula is C16H15FN2O2. The van der Waals surface area contributed by atoms with Crippen molar-refractivity contribution in [2.24, 2.45) is 0 Å². The zero-order chi connectivity index (χ0) is 15.0. The first kappa shape index (κ1) is 13.5. The average Bonchev–Trinajstić information content (AvgIpc) is 2.70. The Bertz CT molecular complexity index is 656. The van der Waals surface area contributed by atoms with Crippen molar-refractivity contribution in [1.29, 1.82) is 0 Å². The normalized spacial score (nSPS) is 20.4. The highest BCUT2D eigenvalue weighted by atomic mass is 19.1. The molecule has 1 saturated heterocycles. The molecule has 1 aromatic heterocycles. The largest absolute Gasteiger partial charge is 0.441 e. The summed E-state index contributed by atoms with van der Waals surface area (Å²) in [6, 6.07) is 12.1. The standard InChI is InChI=1S/C16H15FN2O2/c1-16(2)14(11-6-4-3-5-7-11)19(15(20)21-16)12-8-9-13(17)18-10-12/h3-10,14H,1-2H3. The Kier molecular flexibility index (Phi) is 3.12. The lowest BCUT2D eigenvalue weighted by Gasteiger charge is -2.29. The van der Waals surface area contributed by atoms with E-state index in [2.05, 4.69) is 4.98 Å². The van der Waals surface area contributed by atoms with Crippen molar-refractivity contribution in [3.8, 4) is 0 Å². The van der Waals surface area contributed by atoms with Crippen LogP contribution in [0.15, 0.2) is 48.7 Å². The molecule has 0 aliphatic carbocycles. The second-order valence-electron chi connectivity index (χ2n) is 5.49. The van der Waals surface area contributed by atoms with Gasteiger partial charge in [0.25, 0.3) is 0 Å². The fourth-order valence-electron chi connectivity index (χ4n) is 2.70. The van der Waals surface area contributed by atoms with Crippen molar-refractivity contribution < 1.29 is 13.9 Å². The number of aromatic nitrogens is 1. The number of cyclic esters (lactones) is 1. The summed E-state index contributed by atoms with van der Waals surface area (Å²) in [7, 11) is 0. The molecule has 0 spiro atoms. The quantitative estimate of drug-likeness (QED) is 0.791. The van der Waals surface area contributed by atoms with Crippen LogP contribution in [0.3, 0.4) is 0 Å². The molecule has 21 heavy (non-hydrogen) atoms. The van der Waals surface area contributed by atoms with Crippen LogP contribution in [0.2, 0.25) is 0 Å². The SMILES string of the molecule is CC1(C)OC(=O)N(c2ccc(F)nc2)C1c1ccccc1. The lowest BCUT2D eigenvalue weighted by Crippen LogP contribution is -2.33. The first-order chi connectivity index (χ1) is 9.99. The van der Waals surface area contributed by atoms with Crippen LogP contribution in [-0.4, -0.2) is 16.7 Å². The number of hydrogen-bond donors (Lipinski definition) is 0. The zero-order valence-corrected chi connectivity index (χ0v) is 11.8. The minimum atomic E-state index is -0.688. The molecule has 1 aliphatic rings. The van der Waals surface area contributed by atoms with Crippen LogP contribution in [0.25, 0.3) is 0 Å². The maximum Gasteiger partial charge on any atom is 0.415 e. The highest BCUT2D eigenvalue weighted by molar-refractivity contribution is 5.91. The van der Waals surface area contributed by atoms with Crippen LogP contribution < -0.4 is 4.90 Å². The minimum Gasteiger partial charge on any atom is -0.441 e. The van der Waals surface area contributed by atoms with Gasteiger partial charge in [0.1, 0.15) is 11.6 Å². The van der Waals surface area contributed by atoms with Crippen molar-refractivity contribution in [3.05, 3.63) is 60.2 Å². The van der Waals surface area contributed by atoms with E-state index in [1.54, 1.807) is 0 Å². The van der Waals surface area contributed by atoms with Gasteiger partial charge in [-0.25, -0.2) is 9.78 Å². The van der Waals surface area contributed by atoms with Crippen molar-refractivity contribution >= 4 is 11.8 Å². The van der Waals surface area contributed by atoms with E-state index in [1.165, 1.54) is 23.2 Å². The van der Waals surface area contributed by atoms with E-state index >= 15 is 0 Å². The van der Waals surface area contributed by atoms with Gasteiger partial charge in [0.05, 0.1) is 11.9 Å². The monoisotopic (exact) mass is 286 g/mol. The maximum absolute atomic E-state index is 13.0. The van der Waals surface area contributed by atoms with Gasteiger partial charge in [0.15, 0.2) is 0 Å². The highest BCUT2D eigenvalue weighted by Gasteiger charge is 2.49. The summed E-state index contributed by atoms with van der Waals surface area (Å²) in [5.74, 6) is -0.582. The molecule has 5 heteroatoms. The predicted octanol–water partition coefficient (Wildman–Crippen LogP) is 3.70. The molecule has 1 aliphatic heterocycles. The van der Waals surface area contributed by atoms with Gasteiger partial charge in [0, 0.05) is 0 Å². The first-order valence-electron chi connectivity index (χ1n) is 6.68. The summed E-state index contributed by atoms with van der Waals surface area (Å²) in [6.07, 6.45) is 0.885. The molecule has 108 valence electrons. The Labute approximate surface area is 122 Å². The first-order valence-corrected chi connectivity index (χ1v) is 6.68. The Balaban J connectivity index is 2.08. The van der Waals surface area contributed by atoms with E-state index in [4.69, 9.17) is 4.74 Å². The number of hydrogen-bond acceptors (Lipinski definition) is 3. The summed E-state index contributed by atoms with van der Waals surface area (Å²) < 4.78 is 18.5. The van der Waals surface area contributed by atoms with Crippen molar-refractivity contribution in [2.45, 2.75) is 25.5 Å². The maximum atomic E-state index is 13.0. The number of halogens is 1. The van der Waals surface area contributed by atoms with Gasteiger partial charge in [-0.05, 0) is 31.5 Å². The van der Waals surface area contributed by atoms with Gasteiger partial charge in [0.2, 0.25) is 5.95 Å². The van der Waals surface area contributed by atoms with Gasteiger partial charge in [-0.3, -0.25) is 4.90 Å². The zero-order valence-electron chi connectivity index (χ0n) is 11.8. The van der Waals surface area contributed by atoms with E-state index in [0.717, 1.165) is 5.56 Å². The van der Waals surface area contributed by atoms with Crippen molar-refractivity contribution in [1.82, 2.24) is 4.98 Å². The Hall–Kier alpha value is -2.43. The molecule has 0 saturated carbocycles. The molecule has 2 aromatic rings. The Morgan fingerprint density at radius 1 is 1.19 bits per heavy atom. The molecule has 0 radical (unpaired) electrons. The molecular weight excluding hydrogens is 271 g/mol. The fourth-order valence-corrected chi connectivity index (χ4v) is 2.70. The summed E-state index contributed by atoms with van der Waals surface area (Å²) in [4.78, 5) is 17.4. The van der Waals surface area contributed by atoms with Gasteiger partial charge in [-0.1, -0.05) is 30.3 Å². The number of anilines is 1. The lowest BCUT2D eigenvalue weighted by molar-refractivity contribution is 0.0685. The number of nitrogens with zero attached hydrogens (tertiary/aromatic N) is 2. The minimum absolute atomic E-state index is 0.293. The predicted molar refractivity (Wildman–Crippen MR) is 76.4 cm³/mol. The topological polar surface area (TPSA) is 42.4 Å². The number of ether oxygens (including phenoxy) is 1. The fraction of sp³-hybridized carbons (Fsp3) is 0.250. The van der Waals surface area contributed by atoms with Crippen LogP contribution in [-0.2, 0) is 4.74 Å². The van der Waals surface area contributed by atoms with Gasteiger partial charge in [-0.2, -0.15) is 4.39 Å².